The Bertz CT molecular complexity index is 1020. The summed E-state index contributed by atoms with van der Waals surface area (Å²) in [5, 5.41) is 31.4. The molecule has 0 saturated carbocycles. The number of phenols is 1. The first-order valence-electron chi connectivity index (χ1n) is 10.5. The summed E-state index contributed by atoms with van der Waals surface area (Å²) in [5.74, 6) is 1.02. The minimum atomic E-state index is 0.153. The van der Waals surface area contributed by atoms with E-state index in [-0.39, 0.29) is 5.75 Å². The molecule has 5 rings (SSSR count). The number of rotatable bonds is 4. The summed E-state index contributed by atoms with van der Waals surface area (Å²) < 4.78 is 0. The maximum Gasteiger partial charge on any atom is 0.151 e. The summed E-state index contributed by atoms with van der Waals surface area (Å²) >= 11 is 0. The van der Waals surface area contributed by atoms with Crippen LogP contribution in [0.1, 0.15) is 31.4 Å². The molecular weight excluding hydrogens is 376 g/mol. The van der Waals surface area contributed by atoms with Crippen molar-refractivity contribution in [1.29, 1.82) is 0 Å². The Kier molecular flexibility index (Phi) is 4.83. The first-order valence-corrected chi connectivity index (χ1v) is 10.5. The van der Waals surface area contributed by atoms with Crippen LogP contribution in [0.3, 0.4) is 0 Å². The Morgan fingerprint density at radius 3 is 2.27 bits per heavy atom. The van der Waals surface area contributed by atoms with E-state index < -0.39 is 0 Å². The number of aromatic hydroxyl groups is 1. The van der Waals surface area contributed by atoms with Gasteiger partial charge in [-0.15, -0.1) is 10.2 Å². The number of phenolic OH excluding ortho intramolecular Hbond substituents is 1. The highest BCUT2D eigenvalue weighted by Crippen LogP contribution is 2.33. The third-order valence-corrected chi connectivity index (χ3v) is 6.38. The Balaban J connectivity index is 1.34. The van der Waals surface area contributed by atoms with Gasteiger partial charge in [0.1, 0.15) is 5.75 Å². The van der Waals surface area contributed by atoms with Crippen LogP contribution in [0.2, 0.25) is 0 Å². The molecule has 3 aromatic rings. The molecule has 0 spiro atoms. The van der Waals surface area contributed by atoms with Crippen molar-refractivity contribution in [3.63, 3.8) is 0 Å². The summed E-state index contributed by atoms with van der Waals surface area (Å²) in [6.07, 6.45) is 4.87. The predicted molar refractivity (Wildman–Crippen MR) is 116 cm³/mol. The molecule has 2 bridgehead atoms. The van der Waals surface area contributed by atoms with E-state index in [0.717, 1.165) is 35.6 Å². The smallest absolute Gasteiger partial charge is 0.151 e. The van der Waals surface area contributed by atoms with Crippen molar-refractivity contribution in [3.8, 4) is 28.3 Å². The van der Waals surface area contributed by atoms with Crippen molar-refractivity contribution >= 4 is 5.82 Å². The monoisotopic (exact) mass is 402 g/mol. The van der Waals surface area contributed by atoms with E-state index >= 15 is 0 Å². The number of fused-ring (bicyclic) bond motifs is 2. The van der Waals surface area contributed by atoms with E-state index in [0.29, 0.717) is 29.4 Å². The molecular formula is C23H26N6O. The standard InChI is InChI=1S/C23H26N6O/c1-14-3-8-20(26-25-14)15-4-7-19(22(30)11-15)21-9-10-23(28-27-21)29(2)18-12-16-5-6-17(13-18)24-16/h3-4,7-11,16-18,24,30H,5-6,12-13H2,1-2H3/t16-,17+,18?. The lowest BCUT2D eigenvalue weighted by atomic mass is 9.98. The first kappa shape index (κ1) is 18.9. The molecule has 2 N–H and O–H groups in total. The second-order valence-electron chi connectivity index (χ2n) is 8.44. The Labute approximate surface area is 176 Å². The van der Waals surface area contributed by atoms with Gasteiger partial charge in [0.15, 0.2) is 5.82 Å². The number of piperidine rings is 1. The minimum absolute atomic E-state index is 0.153. The second kappa shape index (κ2) is 7.65. The third-order valence-electron chi connectivity index (χ3n) is 6.38. The van der Waals surface area contributed by atoms with Crippen molar-refractivity contribution in [3.05, 3.63) is 48.2 Å². The van der Waals surface area contributed by atoms with Gasteiger partial charge in [0.25, 0.3) is 0 Å². The average molecular weight is 403 g/mol. The molecule has 1 unspecified atom stereocenters. The second-order valence-corrected chi connectivity index (χ2v) is 8.44. The van der Waals surface area contributed by atoms with Gasteiger partial charge in [-0.05, 0) is 69.0 Å². The van der Waals surface area contributed by atoms with Crippen molar-refractivity contribution in [2.45, 2.75) is 50.7 Å². The molecule has 0 amide bonds. The van der Waals surface area contributed by atoms with Gasteiger partial charge in [0, 0.05) is 36.3 Å². The first-order chi connectivity index (χ1) is 14.6. The van der Waals surface area contributed by atoms with Gasteiger partial charge in [-0.2, -0.15) is 10.2 Å². The number of anilines is 1. The lowest BCUT2D eigenvalue weighted by Crippen LogP contribution is -2.47. The molecule has 2 aliphatic heterocycles. The number of benzene rings is 1. The van der Waals surface area contributed by atoms with Gasteiger partial charge in [-0.25, -0.2) is 0 Å². The number of hydrogen-bond donors (Lipinski definition) is 2. The predicted octanol–water partition coefficient (Wildman–Crippen LogP) is 3.33. The SMILES string of the molecule is Cc1ccc(-c2ccc(-c3ccc(N(C)C4C[C@H]5CC[C@@H](C4)N5)nn3)c(O)c2)nn1. The lowest BCUT2D eigenvalue weighted by Gasteiger charge is -2.36. The van der Waals surface area contributed by atoms with Crippen LogP contribution in [-0.2, 0) is 0 Å². The fourth-order valence-electron chi connectivity index (χ4n) is 4.65. The number of hydrogen-bond acceptors (Lipinski definition) is 7. The summed E-state index contributed by atoms with van der Waals surface area (Å²) in [7, 11) is 2.11. The van der Waals surface area contributed by atoms with Crippen LogP contribution in [0.15, 0.2) is 42.5 Å². The number of nitrogens with zero attached hydrogens (tertiary/aromatic N) is 5. The molecule has 7 nitrogen and oxygen atoms in total. The topological polar surface area (TPSA) is 87.1 Å². The van der Waals surface area contributed by atoms with Gasteiger partial charge in [-0.1, -0.05) is 6.07 Å². The van der Waals surface area contributed by atoms with Gasteiger partial charge >= 0.3 is 0 Å². The summed E-state index contributed by atoms with van der Waals surface area (Å²) in [6.45, 7) is 1.90. The largest absolute Gasteiger partial charge is 0.507 e. The molecule has 3 atom stereocenters. The minimum Gasteiger partial charge on any atom is -0.507 e. The zero-order valence-electron chi connectivity index (χ0n) is 17.3. The van der Waals surface area contributed by atoms with Crippen molar-refractivity contribution in [2.75, 3.05) is 11.9 Å². The Morgan fingerprint density at radius 2 is 1.63 bits per heavy atom. The highest BCUT2D eigenvalue weighted by molar-refractivity contribution is 5.73. The third kappa shape index (κ3) is 3.61. The number of aryl methyl sites for hydroxylation is 1. The normalized spacial score (nSPS) is 22.8. The lowest BCUT2D eigenvalue weighted by molar-refractivity contribution is 0.353. The van der Waals surface area contributed by atoms with Crippen LogP contribution in [0.4, 0.5) is 5.82 Å². The Morgan fingerprint density at radius 1 is 0.900 bits per heavy atom. The van der Waals surface area contributed by atoms with Crippen LogP contribution in [0, 0.1) is 6.92 Å². The molecule has 154 valence electrons. The van der Waals surface area contributed by atoms with Crippen molar-refractivity contribution in [2.24, 2.45) is 0 Å². The molecule has 2 saturated heterocycles. The average Bonchev–Trinajstić information content (AvgIpc) is 3.11. The molecule has 7 heteroatoms. The quantitative estimate of drug-likeness (QED) is 0.692. The summed E-state index contributed by atoms with van der Waals surface area (Å²) in [5.41, 5.74) is 3.70. The summed E-state index contributed by atoms with van der Waals surface area (Å²) in [6, 6.07) is 14.9. The summed E-state index contributed by atoms with van der Waals surface area (Å²) in [4.78, 5) is 2.25. The Hall–Kier alpha value is -3.06. The van der Waals surface area contributed by atoms with E-state index in [2.05, 4.69) is 37.7 Å². The fourth-order valence-corrected chi connectivity index (χ4v) is 4.65. The van der Waals surface area contributed by atoms with Crippen LogP contribution in [-0.4, -0.2) is 50.7 Å². The van der Waals surface area contributed by atoms with Crippen LogP contribution in [0.25, 0.3) is 22.5 Å². The van der Waals surface area contributed by atoms with E-state index in [4.69, 9.17) is 0 Å². The van der Waals surface area contributed by atoms with Crippen molar-refractivity contribution < 1.29 is 5.11 Å². The van der Waals surface area contributed by atoms with E-state index in [1.807, 2.05) is 43.3 Å². The molecule has 0 aliphatic carbocycles. The molecule has 2 aliphatic rings. The van der Waals surface area contributed by atoms with E-state index in [1.165, 1.54) is 12.8 Å². The maximum absolute atomic E-state index is 10.6. The van der Waals surface area contributed by atoms with Gasteiger partial charge in [0.2, 0.25) is 0 Å². The van der Waals surface area contributed by atoms with Gasteiger partial charge in [-0.3, -0.25) is 0 Å². The van der Waals surface area contributed by atoms with Crippen LogP contribution < -0.4 is 10.2 Å². The zero-order chi connectivity index (χ0) is 20.7. The molecule has 1 aromatic carbocycles. The van der Waals surface area contributed by atoms with E-state index in [9.17, 15) is 5.11 Å². The molecule has 0 radical (unpaired) electrons. The molecule has 30 heavy (non-hydrogen) atoms. The van der Waals surface area contributed by atoms with Crippen LogP contribution in [0.5, 0.6) is 5.75 Å². The zero-order valence-corrected chi connectivity index (χ0v) is 17.3. The van der Waals surface area contributed by atoms with Gasteiger partial charge in [0.05, 0.1) is 17.1 Å². The van der Waals surface area contributed by atoms with E-state index in [1.54, 1.807) is 6.07 Å². The van der Waals surface area contributed by atoms with Crippen LogP contribution >= 0.6 is 0 Å². The van der Waals surface area contributed by atoms with Crippen molar-refractivity contribution in [1.82, 2.24) is 25.7 Å². The number of aromatic nitrogens is 4. The fraction of sp³-hybridized carbons (Fsp3) is 0.391. The molecule has 2 aromatic heterocycles. The molecule has 2 fully saturated rings. The number of nitrogens with one attached hydrogen (secondary N) is 1. The highest BCUT2D eigenvalue weighted by atomic mass is 16.3. The maximum atomic E-state index is 10.6. The van der Waals surface area contributed by atoms with Gasteiger partial charge < -0.3 is 15.3 Å². The highest BCUT2D eigenvalue weighted by Gasteiger charge is 2.35. The molecule has 4 heterocycles.